The summed E-state index contributed by atoms with van der Waals surface area (Å²) in [6.07, 6.45) is 18.4. The second-order valence-electron chi connectivity index (χ2n) is 11.9. The van der Waals surface area contributed by atoms with Gasteiger partial charge in [-0.2, -0.15) is 0 Å². The molecular weight excluding hydrogens is 352 g/mol. The van der Waals surface area contributed by atoms with Crippen LogP contribution in [0.25, 0.3) is 0 Å². The number of hydrogen-bond acceptors (Lipinski definition) is 1. The molecule has 0 saturated heterocycles. The summed E-state index contributed by atoms with van der Waals surface area (Å²) in [6.45, 7) is 14.6. The van der Waals surface area contributed by atoms with E-state index >= 15 is 0 Å². The van der Waals surface area contributed by atoms with E-state index in [1.807, 2.05) is 0 Å². The van der Waals surface area contributed by atoms with E-state index in [4.69, 9.17) is 0 Å². The van der Waals surface area contributed by atoms with Gasteiger partial charge in [0.05, 0.1) is 6.10 Å². The van der Waals surface area contributed by atoms with Crippen molar-refractivity contribution in [1.29, 1.82) is 0 Å². The largest absolute Gasteiger partial charge is 0.393 e. The van der Waals surface area contributed by atoms with Crippen LogP contribution in [0.15, 0.2) is 35.5 Å². The van der Waals surface area contributed by atoms with Crippen molar-refractivity contribution in [3.63, 3.8) is 0 Å². The maximum atomic E-state index is 10.2. The van der Waals surface area contributed by atoms with Crippen LogP contribution in [0.4, 0.5) is 0 Å². The standard InChI is InChI=1S/C28H44O/c1-18(2)19(3)7-8-20(4)24-11-12-25-23-10-9-21-17-22(29)13-15-27(21,5)26(23)14-16-28(24,25)6/h7-10,18-20,22,24-26,29H,11-17H2,1-6H3/b8-7-/t19-,20+,22-,24-,25+,26-,27+,28+/m0/s1. The summed E-state index contributed by atoms with van der Waals surface area (Å²) in [6, 6.07) is 0. The predicted octanol–water partition coefficient (Wildman–Crippen LogP) is 7.33. The molecule has 1 nitrogen and oxygen atoms in total. The van der Waals surface area contributed by atoms with Gasteiger partial charge in [0.15, 0.2) is 0 Å². The highest BCUT2D eigenvalue weighted by atomic mass is 16.3. The summed E-state index contributed by atoms with van der Waals surface area (Å²) in [4.78, 5) is 0. The molecule has 0 aromatic rings. The summed E-state index contributed by atoms with van der Waals surface area (Å²) in [5, 5.41) is 10.2. The Morgan fingerprint density at radius 2 is 1.69 bits per heavy atom. The van der Waals surface area contributed by atoms with Crippen LogP contribution >= 0.6 is 0 Å². The van der Waals surface area contributed by atoms with Gasteiger partial charge in [-0.05, 0) is 91.3 Å². The van der Waals surface area contributed by atoms with Crippen LogP contribution in [0.1, 0.15) is 86.5 Å². The first kappa shape index (κ1) is 21.4. The Morgan fingerprint density at radius 1 is 0.931 bits per heavy atom. The Morgan fingerprint density at radius 3 is 2.41 bits per heavy atom. The zero-order chi connectivity index (χ0) is 21.0. The fourth-order valence-corrected chi connectivity index (χ4v) is 7.59. The fraction of sp³-hybridized carbons (Fsp3) is 0.786. The van der Waals surface area contributed by atoms with E-state index in [2.05, 4.69) is 65.8 Å². The summed E-state index contributed by atoms with van der Waals surface area (Å²) in [5.74, 6) is 4.38. The van der Waals surface area contributed by atoms with Crippen molar-refractivity contribution < 1.29 is 5.11 Å². The fourth-order valence-electron chi connectivity index (χ4n) is 7.59. The molecule has 1 heteroatoms. The number of fused-ring (bicyclic) bond motifs is 5. The zero-order valence-electron chi connectivity index (χ0n) is 19.7. The van der Waals surface area contributed by atoms with Crippen molar-refractivity contribution in [3.8, 4) is 0 Å². The number of allylic oxidation sites excluding steroid dienone is 5. The van der Waals surface area contributed by atoms with Gasteiger partial charge in [-0.15, -0.1) is 0 Å². The average molecular weight is 397 g/mol. The molecule has 162 valence electrons. The Balaban J connectivity index is 1.57. The van der Waals surface area contributed by atoms with Crippen LogP contribution in [-0.4, -0.2) is 11.2 Å². The van der Waals surface area contributed by atoms with Crippen LogP contribution in [-0.2, 0) is 0 Å². The van der Waals surface area contributed by atoms with Crippen molar-refractivity contribution in [2.24, 2.45) is 46.3 Å². The molecule has 4 aliphatic carbocycles. The van der Waals surface area contributed by atoms with Gasteiger partial charge in [0, 0.05) is 0 Å². The van der Waals surface area contributed by atoms with Crippen molar-refractivity contribution in [1.82, 2.24) is 0 Å². The second kappa shape index (κ2) is 7.70. The first-order chi connectivity index (χ1) is 13.7. The van der Waals surface area contributed by atoms with E-state index < -0.39 is 0 Å². The summed E-state index contributed by atoms with van der Waals surface area (Å²) < 4.78 is 0. The molecule has 0 unspecified atom stereocenters. The highest BCUT2D eigenvalue weighted by molar-refractivity contribution is 5.39. The first-order valence-electron chi connectivity index (χ1n) is 12.4. The van der Waals surface area contributed by atoms with Gasteiger partial charge in [0.25, 0.3) is 0 Å². The molecule has 8 atom stereocenters. The molecule has 1 N–H and O–H groups in total. The smallest absolute Gasteiger partial charge is 0.0578 e. The molecule has 29 heavy (non-hydrogen) atoms. The summed E-state index contributed by atoms with van der Waals surface area (Å²) in [5.41, 5.74) is 4.07. The molecule has 0 aliphatic heterocycles. The third-order valence-corrected chi connectivity index (χ3v) is 10.0. The van der Waals surface area contributed by atoms with E-state index in [0.717, 1.165) is 36.5 Å². The van der Waals surface area contributed by atoms with E-state index in [-0.39, 0.29) is 6.10 Å². The van der Waals surface area contributed by atoms with Crippen LogP contribution < -0.4 is 0 Å². The van der Waals surface area contributed by atoms with Crippen LogP contribution in [0.3, 0.4) is 0 Å². The average Bonchev–Trinajstić information content (AvgIpc) is 3.03. The van der Waals surface area contributed by atoms with Gasteiger partial charge in [0.1, 0.15) is 0 Å². The molecule has 0 aromatic carbocycles. The van der Waals surface area contributed by atoms with Gasteiger partial charge in [-0.25, -0.2) is 0 Å². The van der Waals surface area contributed by atoms with E-state index in [0.29, 0.717) is 22.7 Å². The second-order valence-corrected chi connectivity index (χ2v) is 11.9. The number of rotatable bonds is 4. The quantitative estimate of drug-likeness (QED) is 0.493. The molecule has 0 heterocycles. The molecule has 4 aliphatic rings. The number of aliphatic hydroxyl groups excluding tert-OH is 1. The maximum absolute atomic E-state index is 10.2. The normalized spacial score (nSPS) is 44.0. The molecule has 0 radical (unpaired) electrons. The lowest BCUT2D eigenvalue weighted by Gasteiger charge is -2.55. The van der Waals surface area contributed by atoms with E-state index in [9.17, 15) is 5.11 Å². The monoisotopic (exact) mass is 396 g/mol. The molecule has 3 saturated carbocycles. The van der Waals surface area contributed by atoms with Crippen molar-refractivity contribution in [2.45, 2.75) is 92.6 Å². The molecule has 0 spiro atoms. The maximum Gasteiger partial charge on any atom is 0.0578 e. The first-order valence-corrected chi connectivity index (χ1v) is 12.4. The van der Waals surface area contributed by atoms with Crippen molar-refractivity contribution in [2.75, 3.05) is 0 Å². The molecular formula is C28H44O. The third-order valence-electron chi connectivity index (χ3n) is 10.0. The molecule has 0 amide bonds. The number of hydrogen-bond donors (Lipinski definition) is 1. The zero-order valence-corrected chi connectivity index (χ0v) is 19.7. The number of aliphatic hydroxyl groups is 1. The SMILES string of the molecule is CC(C)[C@@H](C)/C=C\[C@@H](C)[C@@H]1CC[C@@H]2C3=CC=C4C[C@@H](O)CC[C@@]4(C)[C@H]3CC[C@@]21C. The molecule has 0 bridgehead atoms. The van der Waals surface area contributed by atoms with Gasteiger partial charge in [-0.1, -0.05) is 77.0 Å². The van der Waals surface area contributed by atoms with Gasteiger partial charge >= 0.3 is 0 Å². The summed E-state index contributed by atoms with van der Waals surface area (Å²) >= 11 is 0. The Bertz CT molecular complexity index is 712. The van der Waals surface area contributed by atoms with Crippen LogP contribution in [0.2, 0.25) is 0 Å². The summed E-state index contributed by atoms with van der Waals surface area (Å²) in [7, 11) is 0. The Hall–Kier alpha value is -0.820. The minimum absolute atomic E-state index is 0.116. The lowest BCUT2D eigenvalue weighted by molar-refractivity contribution is 0.0382. The molecule has 3 fully saturated rings. The molecule has 0 aromatic heterocycles. The van der Waals surface area contributed by atoms with Gasteiger partial charge in [0.2, 0.25) is 0 Å². The van der Waals surface area contributed by atoms with E-state index in [1.54, 1.807) is 5.57 Å². The van der Waals surface area contributed by atoms with Gasteiger partial charge < -0.3 is 5.11 Å². The predicted molar refractivity (Wildman–Crippen MR) is 123 cm³/mol. The highest BCUT2D eigenvalue weighted by Crippen LogP contribution is 2.65. The lowest BCUT2D eigenvalue weighted by atomic mass is 9.50. The third kappa shape index (κ3) is 3.50. The Labute approximate surface area is 179 Å². The Kier molecular flexibility index (Phi) is 5.69. The van der Waals surface area contributed by atoms with Crippen LogP contribution in [0, 0.1) is 46.3 Å². The van der Waals surface area contributed by atoms with Gasteiger partial charge in [-0.3, -0.25) is 0 Å². The minimum atomic E-state index is -0.116. The van der Waals surface area contributed by atoms with Crippen molar-refractivity contribution in [3.05, 3.63) is 35.5 Å². The van der Waals surface area contributed by atoms with E-state index in [1.165, 1.54) is 37.7 Å². The molecule has 4 rings (SSSR count). The van der Waals surface area contributed by atoms with Crippen LogP contribution in [0.5, 0.6) is 0 Å². The topological polar surface area (TPSA) is 20.2 Å². The minimum Gasteiger partial charge on any atom is -0.393 e. The highest BCUT2D eigenvalue weighted by Gasteiger charge is 2.56. The van der Waals surface area contributed by atoms with Crippen molar-refractivity contribution >= 4 is 0 Å². The lowest BCUT2D eigenvalue weighted by Crippen LogP contribution is -2.46.